The summed E-state index contributed by atoms with van der Waals surface area (Å²) in [5.74, 6) is 0.163. The summed E-state index contributed by atoms with van der Waals surface area (Å²) in [6.07, 6.45) is -0.524. The molecule has 1 amide bonds. The van der Waals surface area contributed by atoms with Crippen LogP contribution in [0.1, 0.15) is 25.3 Å². The molecule has 33 heavy (non-hydrogen) atoms. The second-order valence-electron chi connectivity index (χ2n) is 7.56. The topological polar surface area (TPSA) is 174 Å². The first-order chi connectivity index (χ1) is 16.0. The van der Waals surface area contributed by atoms with Crippen molar-refractivity contribution in [2.24, 2.45) is 0 Å². The van der Waals surface area contributed by atoms with Crippen LogP contribution >= 0.6 is 0 Å². The van der Waals surface area contributed by atoms with Gasteiger partial charge >= 0.3 is 0 Å². The van der Waals surface area contributed by atoms with Gasteiger partial charge in [0.15, 0.2) is 29.3 Å². The molecule has 4 atom stereocenters. The molecule has 1 aliphatic rings. The van der Waals surface area contributed by atoms with E-state index in [-0.39, 0.29) is 5.95 Å². The van der Waals surface area contributed by atoms with E-state index in [2.05, 4.69) is 35.9 Å². The smallest absolute Gasteiger partial charge is 0.256 e. The van der Waals surface area contributed by atoms with Crippen molar-refractivity contribution in [2.75, 3.05) is 32.6 Å². The number of nitrogens with one attached hydrogen (secondary N) is 2. The van der Waals surface area contributed by atoms with Gasteiger partial charge in [0.1, 0.15) is 12.2 Å². The van der Waals surface area contributed by atoms with Gasteiger partial charge in [0, 0.05) is 27.1 Å². The number of hydrogen-bond donors (Lipinski definition) is 4. The molecule has 1 saturated heterocycles. The lowest BCUT2D eigenvalue weighted by Crippen LogP contribution is -2.41. The third-order valence-electron chi connectivity index (χ3n) is 5.28. The standard InChI is InChI=1S/C19H27N9O5/c1-4-6-21-15-11-16(24-19(23-15)28-8-10(25-26-28)5-7-32-3)27(9-22-11)18-13(30)12(29)14(33-18)17(31)20-2/h8-9,12-14,18,29-30H,4-7H2,1-3H3,(H,20,31)(H,21,23,24)/t12-,13+,14-,18+/m0/s1. The number of nitrogens with zero attached hydrogens (tertiary/aromatic N) is 7. The van der Waals surface area contributed by atoms with E-state index in [1.165, 1.54) is 22.6 Å². The SMILES string of the molecule is CCCNc1nc(-n2cc(CCOC)nn2)nc2c1ncn2[C@@H]1O[C@H](C(=O)NC)[C@@H](O)[C@H]1O. The number of rotatable bonds is 9. The van der Waals surface area contributed by atoms with E-state index in [4.69, 9.17) is 9.47 Å². The van der Waals surface area contributed by atoms with Crippen LogP contribution in [0.15, 0.2) is 12.5 Å². The van der Waals surface area contributed by atoms with Crippen LogP contribution < -0.4 is 10.6 Å². The van der Waals surface area contributed by atoms with E-state index in [0.29, 0.717) is 42.2 Å². The fourth-order valence-electron chi connectivity index (χ4n) is 3.53. The molecule has 0 bridgehead atoms. The summed E-state index contributed by atoms with van der Waals surface area (Å²) in [5, 5.41) is 34.8. The Labute approximate surface area is 188 Å². The Morgan fingerprint density at radius 1 is 1.30 bits per heavy atom. The Kier molecular flexibility index (Phi) is 6.78. The second-order valence-corrected chi connectivity index (χ2v) is 7.56. The number of anilines is 1. The molecule has 0 saturated carbocycles. The molecule has 178 valence electrons. The highest BCUT2D eigenvalue weighted by Crippen LogP contribution is 2.33. The summed E-state index contributed by atoms with van der Waals surface area (Å²) >= 11 is 0. The van der Waals surface area contributed by atoms with Crippen LogP contribution in [0.25, 0.3) is 17.1 Å². The van der Waals surface area contributed by atoms with Crippen molar-refractivity contribution in [3.05, 3.63) is 18.2 Å². The maximum absolute atomic E-state index is 12.0. The monoisotopic (exact) mass is 461 g/mol. The number of ether oxygens (including phenoxy) is 2. The average Bonchev–Trinajstić information content (AvgIpc) is 3.54. The number of aromatic nitrogens is 7. The van der Waals surface area contributed by atoms with Crippen molar-refractivity contribution in [2.45, 2.75) is 44.3 Å². The van der Waals surface area contributed by atoms with Crippen LogP contribution in [0.3, 0.4) is 0 Å². The maximum atomic E-state index is 12.0. The number of amides is 1. The lowest BCUT2D eigenvalue weighted by Gasteiger charge is -2.17. The Morgan fingerprint density at radius 2 is 2.12 bits per heavy atom. The molecule has 14 heteroatoms. The molecule has 0 aliphatic carbocycles. The molecular formula is C19H27N9O5. The van der Waals surface area contributed by atoms with Crippen LogP contribution in [0, 0.1) is 0 Å². The van der Waals surface area contributed by atoms with Crippen molar-refractivity contribution in [3.8, 4) is 5.95 Å². The maximum Gasteiger partial charge on any atom is 0.256 e. The van der Waals surface area contributed by atoms with E-state index in [1.54, 1.807) is 13.3 Å². The summed E-state index contributed by atoms with van der Waals surface area (Å²) in [7, 11) is 3.04. The number of hydrogen-bond acceptors (Lipinski definition) is 11. The normalized spacial score (nSPS) is 22.7. The summed E-state index contributed by atoms with van der Waals surface area (Å²) in [4.78, 5) is 25.5. The van der Waals surface area contributed by atoms with Crippen molar-refractivity contribution in [1.82, 2.24) is 39.8 Å². The van der Waals surface area contributed by atoms with Gasteiger partial charge in [-0.25, -0.2) is 4.98 Å². The number of carbonyl (C=O) groups excluding carboxylic acids is 1. The number of methoxy groups -OCH3 is 1. The molecule has 0 radical (unpaired) electrons. The van der Waals surface area contributed by atoms with Gasteiger partial charge in [-0.2, -0.15) is 14.6 Å². The Morgan fingerprint density at radius 3 is 2.85 bits per heavy atom. The first kappa shape index (κ1) is 23.0. The minimum absolute atomic E-state index is 0.231. The molecule has 4 rings (SSSR count). The zero-order chi connectivity index (χ0) is 23.5. The predicted octanol–water partition coefficient (Wildman–Crippen LogP) is -1.22. The molecule has 0 unspecified atom stereocenters. The van der Waals surface area contributed by atoms with Gasteiger partial charge in [0.2, 0.25) is 0 Å². The summed E-state index contributed by atoms with van der Waals surface area (Å²) in [6, 6.07) is 0. The molecule has 0 spiro atoms. The van der Waals surface area contributed by atoms with Gasteiger partial charge in [-0.15, -0.1) is 5.10 Å². The number of carbonyl (C=O) groups is 1. The number of aliphatic hydroxyl groups excluding tert-OH is 2. The van der Waals surface area contributed by atoms with Gasteiger partial charge in [-0.1, -0.05) is 12.1 Å². The molecule has 14 nitrogen and oxygen atoms in total. The molecule has 0 aromatic carbocycles. The van der Waals surface area contributed by atoms with Crippen LogP contribution in [0.2, 0.25) is 0 Å². The number of fused-ring (bicyclic) bond motifs is 1. The van der Waals surface area contributed by atoms with Crippen molar-refractivity contribution in [3.63, 3.8) is 0 Å². The van der Waals surface area contributed by atoms with Crippen molar-refractivity contribution < 1.29 is 24.5 Å². The average molecular weight is 461 g/mol. The summed E-state index contributed by atoms with van der Waals surface area (Å²) in [5.41, 5.74) is 1.49. The van der Waals surface area contributed by atoms with Gasteiger partial charge < -0.3 is 30.3 Å². The van der Waals surface area contributed by atoms with Gasteiger partial charge in [0.05, 0.1) is 24.8 Å². The first-order valence-corrected chi connectivity index (χ1v) is 10.6. The van der Waals surface area contributed by atoms with Gasteiger partial charge in [-0.3, -0.25) is 9.36 Å². The van der Waals surface area contributed by atoms with E-state index in [9.17, 15) is 15.0 Å². The molecule has 1 aliphatic heterocycles. The van der Waals surface area contributed by atoms with Crippen molar-refractivity contribution >= 4 is 22.9 Å². The predicted molar refractivity (Wildman–Crippen MR) is 115 cm³/mol. The number of imidazole rings is 1. The largest absolute Gasteiger partial charge is 0.387 e. The minimum Gasteiger partial charge on any atom is -0.387 e. The minimum atomic E-state index is -1.41. The van der Waals surface area contributed by atoms with E-state index < -0.39 is 30.4 Å². The van der Waals surface area contributed by atoms with E-state index >= 15 is 0 Å². The van der Waals surface area contributed by atoms with Crippen LogP contribution in [0.5, 0.6) is 0 Å². The van der Waals surface area contributed by atoms with Crippen LogP contribution in [0.4, 0.5) is 5.82 Å². The van der Waals surface area contributed by atoms with Crippen molar-refractivity contribution in [1.29, 1.82) is 0 Å². The quantitative estimate of drug-likeness (QED) is 0.301. The number of likely N-dealkylation sites (N-methyl/N-ethyl adjacent to an activating group) is 1. The fourth-order valence-corrected chi connectivity index (χ4v) is 3.53. The van der Waals surface area contributed by atoms with E-state index in [0.717, 1.165) is 6.42 Å². The Balaban J connectivity index is 1.75. The summed E-state index contributed by atoms with van der Waals surface area (Å²) in [6.45, 7) is 3.17. The lowest BCUT2D eigenvalue weighted by atomic mass is 10.1. The molecule has 4 heterocycles. The third-order valence-corrected chi connectivity index (χ3v) is 5.28. The summed E-state index contributed by atoms with van der Waals surface area (Å²) < 4.78 is 13.7. The molecule has 4 N–H and O–H groups in total. The zero-order valence-corrected chi connectivity index (χ0v) is 18.5. The van der Waals surface area contributed by atoms with Crippen LogP contribution in [-0.4, -0.2) is 96.3 Å². The number of aliphatic hydroxyl groups is 2. The Bertz CT molecular complexity index is 1120. The van der Waals surface area contributed by atoms with Gasteiger partial charge in [-0.05, 0) is 6.42 Å². The third kappa shape index (κ3) is 4.37. The second kappa shape index (κ2) is 9.74. The Hall–Kier alpha value is -3.20. The van der Waals surface area contributed by atoms with E-state index in [1.807, 2.05) is 6.92 Å². The first-order valence-electron chi connectivity index (χ1n) is 10.6. The molecule has 3 aromatic heterocycles. The van der Waals surface area contributed by atoms with Crippen LogP contribution in [-0.2, 0) is 20.7 Å². The highest BCUT2D eigenvalue weighted by molar-refractivity contribution is 5.84. The highest BCUT2D eigenvalue weighted by Gasteiger charge is 2.47. The lowest BCUT2D eigenvalue weighted by molar-refractivity contribution is -0.137. The molecule has 1 fully saturated rings. The fraction of sp³-hybridized carbons (Fsp3) is 0.579. The molecular weight excluding hydrogens is 434 g/mol. The molecule has 3 aromatic rings. The zero-order valence-electron chi connectivity index (χ0n) is 18.5. The highest BCUT2D eigenvalue weighted by atomic mass is 16.6. The van der Waals surface area contributed by atoms with Gasteiger partial charge in [0.25, 0.3) is 11.9 Å².